The first kappa shape index (κ1) is 35.0. The monoisotopic (exact) mass is 777 g/mol. The van der Waals surface area contributed by atoms with Crippen molar-refractivity contribution in [2.24, 2.45) is 0 Å². The van der Waals surface area contributed by atoms with Crippen molar-refractivity contribution in [2.75, 3.05) is 4.90 Å². The second-order valence-electron chi connectivity index (χ2n) is 16.0. The molecule has 0 amide bonds. The summed E-state index contributed by atoms with van der Waals surface area (Å²) in [5.74, 6) is 0. The lowest BCUT2D eigenvalue weighted by atomic mass is 9.68. The molecule has 10 aromatic carbocycles. The fourth-order valence-electron chi connectivity index (χ4n) is 10.1. The van der Waals surface area contributed by atoms with E-state index in [9.17, 15) is 0 Å². The van der Waals surface area contributed by atoms with Crippen molar-refractivity contribution in [1.82, 2.24) is 0 Å². The Kier molecular flexibility index (Phi) is 8.11. The maximum Gasteiger partial charge on any atom is 0.136 e. The van der Waals surface area contributed by atoms with Crippen molar-refractivity contribution in [3.8, 4) is 33.4 Å². The third-order valence-corrected chi connectivity index (χ3v) is 12.8. The molecule has 1 aromatic heterocycles. The van der Waals surface area contributed by atoms with E-state index in [-0.39, 0.29) is 0 Å². The van der Waals surface area contributed by atoms with Crippen LogP contribution in [-0.2, 0) is 5.41 Å². The SMILES string of the molecule is c1ccc(-c2ccc(N(c3ccc(C4(c5ccccc5)c5ccccc5-c5ccccc54)cc3)c3ccc4oc5cc(-c6ccccc6)c6ccccc6c5c4c3)cc2)cc1. The van der Waals surface area contributed by atoms with Crippen LogP contribution in [0.3, 0.4) is 0 Å². The molecule has 1 aliphatic carbocycles. The van der Waals surface area contributed by atoms with Crippen LogP contribution in [0, 0.1) is 0 Å². The van der Waals surface area contributed by atoms with Gasteiger partial charge in [0, 0.05) is 27.8 Å². The van der Waals surface area contributed by atoms with E-state index in [0.717, 1.165) is 39.0 Å². The molecule has 286 valence electrons. The summed E-state index contributed by atoms with van der Waals surface area (Å²) in [5.41, 5.74) is 16.9. The lowest BCUT2D eigenvalue weighted by Crippen LogP contribution is -2.28. The van der Waals surface area contributed by atoms with E-state index in [0.29, 0.717) is 0 Å². The molecule has 2 nitrogen and oxygen atoms in total. The summed E-state index contributed by atoms with van der Waals surface area (Å²) in [7, 11) is 0. The minimum Gasteiger partial charge on any atom is -0.456 e. The van der Waals surface area contributed by atoms with Gasteiger partial charge in [0.2, 0.25) is 0 Å². The summed E-state index contributed by atoms with van der Waals surface area (Å²) in [6.45, 7) is 0. The van der Waals surface area contributed by atoms with Gasteiger partial charge in [0.25, 0.3) is 0 Å². The Morgan fingerprint density at radius 1 is 0.311 bits per heavy atom. The number of hydrogen-bond donors (Lipinski definition) is 0. The molecule has 61 heavy (non-hydrogen) atoms. The molecule has 0 N–H and O–H groups in total. The summed E-state index contributed by atoms with van der Waals surface area (Å²) in [5, 5.41) is 4.61. The fraction of sp³-hybridized carbons (Fsp3) is 0.0169. The first-order valence-electron chi connectivity index (χ1n) is 21.0. The van der Waals surface area contributed by atoms with Crippen LogP contribution in [0.15, 0.2) is 241 Å². The topological polar surface area (TPSA) is 16.4 Å². The first-order valence-corrected chi connectivity index (χ1v) is 21.0. The Morgan fingerprint density at radius 2 is 0.803 bits per heavy atom. The average Bonchev–Trinajstić information content (AvgIpc) is 3.86. The van der Waals surface area contributed by atoms with Crippen molar-refractivity contribution >= 4 is 49.8 Å². The molecule has 0 radical (unpaired) electrons. The van der Waals surface area contributed by atoms with Crippen molar-refractivity contribution < 1.29 is 4.42 Å². The van der Waals surface area contributed by atoms with Crippen LogP contribution in [0.2, 0.25) is 0 Å². The van der Waals surface area contributed by atoms with Gasteiger partial charge in [-0.2, -0.15) is 0 Å². The minimum atomic E-state index is -0.469. The Hall–Kier alpha value is -7.94. The van der Waals surface area contributed by atoms with Crippen LogP contribution in [-0.4, -0.2) is 0 Å². The number of benzene rings is 10. The molecule has 1 heterocycles. The fourth-order valence-corrected chi connectivity index (χ4v) is 10.1. The van der Waals surface area contributed by atoms with Gasteiger partial charge >= 0.3 is 0 Å². The molecule has 0 atom stereocenters. The van der Waals surface area contributed by atoms with E-state index >= 15 is 0 Å². The molecule has 0 spiro atoms. The van der Waals surface area contributed by atoms with E-state index in [1.54, 1.807) is 0 Å². The Morgan fingerprint density at radius 3 is 1.46 bits per heavy atom. The van der Waals surface area contributed by atoms with Gasteiger partial charge in [0.05, 0.1) is 5.41 Å². The normalized spacial score (nSPS) is 12.7. The number of nitrogens with zero attached hydrogens (tertiary/aromatic N) is 1. The highest BCUT2D eigenvalue weighted by atomic mass is 16.3. The van der Waals surface area contributed by atoms with E-state index < -0.39 is 5.41 Å². The molecule has 0 fully saturated rings. The number of rotatable bonds is 7. The number of furan rings is 1. The standard InChI is InChI=1S/C59H39NO/c1-4-16-40(17-5-1)41-28-32-45(33-29-41)60(47-36-37-56-53(38-47)58-51-25-11-10-22-48(51)52(39-57(58)61-56)42-18-6-2-7-19-42)46-34-30-44(31-35-46)59(43-20-8-3-9-21-43)54-26-14-12-23-49(54)50-24-13-15-27-55(50)59/h1-39H. The zero-order valence-corrected chi connectivity index (χ0v) is 33.4. The lowest BCUT2D eigenvalue weighted by molar-refractivity contribution is 0.669. The molecule has 1 aliphatic rings. The molecule has 0 aliphatic heterocycles. The second kappa shape index (κ2) is 14.1. The first-order chi connectivity index (χ1) is 30.3. The van der Waals surface area contributed by atoms with Crippen LogP contribution >= 0.6 is 0 Å². The molecule has 0 bridgehead atoms. The van der Waals surface area contributed by atoms with Crippen molar-refractivity contribution in [1.29, 1.82) is 0 Å². The van der Waals surface area contributed by atoms with Gasteiger partial charge in [-0.1, -0.05) is 188 Å². The van der Waals surface area contributed by atoms with Crippen molar-refractivity contribution in [3.05, 3.63) is 259 Å². The Labute approximate surface area is 355 Å². The Balaban J connectivity index is 1.05. The zero-order valence-electron chi connectivity index (χ0n) is 33.4. The minimum absolute atomic E-state index is 0.469. The zero-order chi connectivity index (χ0) is 40.3. The van der Waals surface area contributed by atoms with Crippen LogP contribution in [0.1, 0.15) is 22.3 Å². The van der Waals surface area contributed by atoms with Crippen molar-refractivity contribution in [3.63, 3.8) is 0 Å². The van der Waals surface area contributed by atoms with Gasteiger partial charge in [0.15, 0.2) is 0 Å². The average molecular weight is 778 g/mol. The molecule has 0 unspecified atom stereocenters. The van der Waals surface area contributed by atoms with Gasteiger partial charge < -0.3 is 9.32 Å². The molecule has 0 saturated heterocycles. The number of fused-ring (bicyclic) bond motifs is 8. The highest BCUT2D eigenvalue weighted by Crippen LogP contribution is 2.56. The summed E-state index contributed by atoms with van der Waals surface area (Å²) in [6.07, 6.45) is 0. The van der Waals surface area contributed by atoms with Gasteiger partial charge in [-0.05, 0) is 115 Å². The third kappa shape index (κ3) is 5.50. The predicted octanol–water partition coefficient (Wildman–Crippen LogP) is 15.9. The Bertz CT molecular complexity index is 3340. The molecule has 12 rings (SSSR count). The second-order valence-corrected chi connectivity index (χ2v) is 16.0. The number of anilines is 3. The smallest absolute Gasteiger partial charge is 0.136 e. The predicted molar refractivity (Wildman–Crippen MR) is 254 cm³/mol. The summed E-state index contributed by atoms with van der Waals surface area (Å²) >= 11 is 0. The van der Waals surface area contributed by atoms with E-state index in [1.165, 1.54) is 66.4 Å². The van der Waals surface area contributed by atoms with Gasteiger partial charge in [-0.3, -0.25) is 0 Å². The molecular formula is C59H39NO. The van der Waals surface area contributed by atoms with Crippen molar-refractivity contribution in [2.45, 2.75) is 5.41 Å². The van der Waals surface area contributed by atoms with Crippen LogP contribution in [0.25, 0.3) is 66.1 Å². The van der Waals surface area contributed by atoms with E-state index in [2.05, 4.69) is 241 Å². The molecule has 2 heteroatoms. The molecule has 11 aromatic rings. The van der Waals surface area contributed by atoms with Crippen LogP contribution in [0.4, 0.5) is 17.1 Å². The van der Waals surface area contributed by atoms with Gasteiger partial charge in [-0.25, -0.2) is 0 Å². The maximum atomic E-state index is 6.70. The quantitative estimate of drug-likeness (QED) is 0.160. The van der Waals surface area contributed by atoms with Crippen LogP contribution < -0.4 is 4.90 Å². The maximum absolute atomic E-state index is 6.70. The highest BCUT2D eigenvalue weighted by molar-refractivity contribution is 6.22. The third-order valence-electron chi connectivity index (χ3n) is 12.8. The summed E-state index contributed by atoms with van der Waals surface area (Å²) in [6, 6.07) is 85.8. The summed E-state index contributed by atoms with van der Waals surface area (Å²) < 4.78 is 6.70. The lowest BCUT2D eigenvalue weighted by Gasteiger charge is -2.34. The highest BCUT2D eigenvalue weighted by Gasteiger charge is 2.45. The van der Waals surface area contributed by atoms with E-state index in [1.807, 2.05) is 0 Å². The summed E-state index contributed by atoms with van der Waals surface area (Å²) in [4.78, 5) is 2.38. The molecule has 0 saturated carbocycles. The number of hydrogen-bond acceptors (Lipinski definition) is 2. The molecular weight excluding hydrogens is 739 g/mol. The van der Waals surface area contributed by atoms with Crippen LogP contribution in [0.5, 0.6) is 0 Å². The van der Waals surface area contributed by atoms with E-state index in [4.69, 9.17) is 4.42 Å². The van der Waals surface area contributed by atoms with Gasteiger partial charge in [0.1, 0.15) is 11.2 Å². The van der Waals surface area contributed by atoms with Gasteiger partial charge in [-0.15, -0.1) is 0 Å². The largest absolute Gasteiger partial charge is 0.456 e.